The Hall–Kier alpha value is -1.23. The molecule has 0 amide bonds. The van der Waals surface area contributed by atoms with Gasteiger partial charge in [-0.3, -0.25) is 0 Å². The molecule has 2 N–H and O–H groups in total. The van der Waals surface area contributed by atoms with Crippen molar-refractivity contribution < 1.29 is 9.84 Å². The number of aliphatic hydroxyl groups is 1. The Bertz CT molecular complexity index is 634. The van der Waals surface area contributed by atoms with E-state index in [2.05, 4.69) is 21.2 Å². The molecule has 0 spiro atoms. The maximum atomic E-state index is 10.3. The Labute approximate surface area is 138 Å². The number of aryl methyl sites for hydroxylation is 1. The molecule has 0 heterocycles. The maximum absolute atomic E-state index is 10.3. The van der Waals surface area contributed by atoms with Gasteiger partial charge in [0, 0.05) is 16.0 Å². The summed E-state index contributed by atoms with van der Waals surface area (Å²) in [5.41, 5.74) is 2.66. The summed E-state index contributed by atoms with van der Waals surface area (Å²) in [5.74, 6) is 0.728. The van der Waals surface area contributed by atoms with Gasteiger partial charge < -0.3 is 15.2 Å². The van der Waals surface area contributed by atoms with Crippen LogP contribution in [0.1, 0.15) is 17.2 Å². The van der Waals surface area contributed by atoms with Crippen LogP contribution in [-0.4, -0.2) is 18.8 Å². The first kappa shape index (κ1) is 16.1. The molecular formula is C16H17BrClNO2. The number of rotatable bonds is 5. The van der Waals surface area contributed by atoms with E-state index in [0.29, 0.717) is 11.6 Å². The molecule has 0 aliphatic carbocycles. The molecule has 0 aliphatic rings. The highest BCUT2D eigenvalue weighted by Crippen LogP contribution is 2.29. The van der Waals surface area contributed by atoms with Gasteiger partial charge in [0.25, 0.3) is 0 Å². The van der Waals surface area contributed by atoms with Crippen LogP contribution in [0.25, 0.3) is 0 Å². The Balaban J connectivity index is 2.07. The number of aliphatic hydroxyl groups excluding tert-OH is 1. The lowest BCUT2D eigenvalue weighted by atomic mass is 10.1. The van der Waals surface area contributed by atoms with E-state index in [1.165, 1.54) is 0 Å². The highest BCUT2D eigenvalue weighted by atomic mass is 79.9. The van der Waals surface area contributed by atoms with Gasteiger partial charge in [0.1, 0.15) is 5.75 Å². The average Bonchev–Trinajstić information content (AvgIpc) is 2.49. The van der Waals surface area contributed by atoms with Gasteiger partial charge in [0.2, 0.25) is 0 Å². The van der Waals surface area contributed by atoms with Gasteiger partial charge >= 0.3 is 0 Å². The van der Waals surface area contributed by atoms with Crippen molar-refractivity contribution in [3.63, 3.8) is 0 Å². The van der Waals surface area contributed by atoms with Crippen LogP contribution in [0, 0.1) is 6.92 Å². The minimum Gasteiger partial charge on any atom is -0.497 e. The molecule has 0 radical (unpaired) electrons. The fraction of sp³-hybridized carbons (Fsp3) is 0.250. The van der Waals surface area contributed by atoms with Gasteiger partial charge in [0.15, 0.2) is 0 Å². The molecule has 2 aromatic rings. The molecule has 2 rings (SSSR count). The molecule has 1 atom stereocenters. The number of hydrogen-bond acceptors (Lipinski definition) is 3. The van der Waals surface area contributed by atoms with Gasteiger partial charge in [-0.15, -0.1) is 0 Å². The summed E-state index contributed by atoms with van der Waals surface area (Å²) in [7, 11) is 1.61. The van der Waals surface area contributed by atoms with E-state index in [4.69, 9.17) is 16.3 Å². The first-order valence-electron chi connectivity index (χ1n) is 6.53. The summed E-state index contributed by atoms with van der Waals surface area (Å²) < 4.78 is 6.08. The Morgan fingerprint density at radius 2 is 2.10 bits per heavy atom. The lowest BCUT2D eigenvalue weighted by Crippen LogP contribution is -2.12. The van der Waals surface area contributed by atoms with Gasteiger partial charge in [-0.05, 0) is 58.2 Å². The molecule has 0 aliphatic heterocycles. The van der Waals surface area contributed by atoms with Crippen molar-refractivity contribution in [2.45, 2.75) is 13.0 Å². The molecule has 0 fully saturated rings. The third kappa shape index (κ3) is 4.13. The lowest BCUT2D eigenvalue weighted by Gasteiger charge is -2.15. The normalized spacial score (nSPS) is 12.0. The molecule has 21 heavy (non-hydrogen) atoms. The number of methoxy groups -OCH3 is 1. The Morgan fingerprint density at radius 3 is 2.81 bits per heavy atom. The highest BCUT2D eigenvalue weighted by molar-refractivity contribution is 9.10. The van der Waals surface area contributed by atoms with E-state index in [1.807, 2.05) is 43.3 Å². The smallest absolute Gasteiger partial charge is 0.119 e. The fourth-order valence-electron chi connectivity index (χ4n) is 1.96. The first-order chi connectivity index (χ1) is 10.0. The molecule has 112 valence electrons. The molecule has 0 aromatic heterocycles. The number of benzene rings is 2. The van der Waals surface area contributed by atoms with Gasteiger partial charge in [-0.1, -0.05) is 23.7 Å². The monoisotopic (exact) mass is 369 g/mol. The maximum Gasteiger partial charge on any atom is 0.119 e. The number of hydrogen-bond donors (Lipinski definition) is 2. The molecule has 3 nitrogen and oxygen atoms in total. The van der Waals surface area contributed by atoms with Crippen molar-refractivity contribution in [3.8, 4) is 5.75 Å². The van der Waals surface area contributed by atoms with Crippen LogP contribution in [0.2, 0.25) is 5.02 Å². The van der Waals surface area contributed by atoms with Crippen molar-refractivity contribution in [1.29, 1.82) is 0 Å². The first-order valence-corrected chi connectivity index (χ1v) is 7.70. The second kappa shape index (κ2) is 7.16. The van der Waals surface area contributed by atoms with Gasteiger partial charge in [-0.2, -0.15) is 0 Å². The van der Waals surface area contributed by atoms with Crippen molar-refractivity contribution in [3.05, 3.63) is 57.0 Å². The van der Waals surface area contributed by atoms with Crippen molar-refractivity contribution in [2.24, 2.45) is 0 Å². The minimum absolute atomic E-state index is 0.380. The van der Waals surface area contributed by atoms with E-state index in [9.17, 15) is 5.11 Å². The third-order valence-corrected chi connectivity index (χ3v) is 4.28. The molecule has 0 saturated carbocycles. The number of nitrogens with one attached hydrogen (secondary N) is 1. The molecule has 0 saturated heterocycles. The SMILES string of the molecule is COc1cccc(C(O)CNc2cc(Cl)c(C)cc2Br)c1. The standard InChI is InChI=1S/C16H17BrClNO2/c1-10-6-13(17)15(8-14(10)18)19-9-16(20)11-4-3-5-12(7-11)21-2/h3-8,16,19-20H,9H2,1-2H3. The Kier molecular flexibility index (Phi) is 5.51. The largest absolute Gasteiger partial charge is 0.497 e. The summed E-state index contributed by atoms with van der Waals surface area (Å²) in [6, 6.07) is 11.2. The van der Waals surface area contributed by atoms with E-state index >= 15 is 0 Å². The van der Waals surface area contributed by atoms with E-state index in [1.54, 1.807) is 7.11 Å². The van der Waals surface area contributed by atoms with Crippen LogP contribution in [0.3, 0.4) is 0 Å². The Morgan fingerprint density at radius 1 is 1.33 bits per heavy atom. The van der Waals surface area contributed by atoms with Crippen LogP contribution >= 0.6 is 27.5 Å². The van der Waals surface area contributed by atoms with Crippen LogP contribution in [0.4, 0.5) is 5.69 Å². The summed E-state index contributed by atoms with van der Waals surface area (Å²) in [5, 5.41) is 14.1. The summed E-state index contributed by atoms with van der Waals surface area (Å²) in [4.78, 5) is 0. The zero-order valence-corrected chi connectivity index (χ0v) is 14.2. The second-order valence-electron chi connectivity index (χ2n) is 4.75. The van der Waals surface area contributed by atoms with Crippen LogP contribution < -0.4 is 10.1 Å². The third-order valence-electron chi connectivity index (χ3n) is 3.21. The molecule has 2 aromatic carbocycles. The van der Waals surface area contributed by atoms with Gasteiger partial charge in [-0.25, -0.2) is 0 Å². The number of ether oxygens (including phenoxy) is 1. The fourth-order valence-corrected chi connectivity index (χ4v) is 2.72. The van der Waals surface area contributed by atoms with Crippen LogP contribution in [0.5, 0.6) is 5.75 Å². The van der Waals surface area contributed by atoms with E-state index < -0.39 is 6.10 Å². The number of anilines is 1. The van der Waals surface area contributed by atoms with E-state index in [0.717, 1.165) is 27.0 Å². The van der Waals surface area contributed by atoms with Crippen LogP contribution in [0.15, 0.2) is 40.9 Å². The zero-order valence-electron chi connectivity index (χ0n) is 11.9. The predicted molar refractivity (Wildman–Crippen MR) is 90.3 cm³/mol. The quantitative estimate of drug-likeness (QED) is 0.810. The molecule has 5 heteroatoms. The molecular weight excluding hydrogens is 354 g/mol. The van der Waals surface area contributed by atoms with Gasteiger partial charge in [0.05, 0.1) is 18.9 Å². The predicted octanol–water partition coefficient (Wildman–Crippen LogP) is 4.57. The van der Waals surface area contributed by atoms with Crippen LogP contribution in [-0.2, 0) is 0 Å². The van der Waals surface area contributed by atoms with Crippen molar-refractivity contribution in [2.75, 3.05) is 19.0 Å². The lowest BCUT2D eigenvalue weighted by molar-refractivity contribution is 0.191. The van der Waals surface area contributed by atoms with E-state index in [-0.39, 0.29) is 0 Å². The summed E-state index contributed by atoms with van der Waals surface area (Å²) >= 11 is 9.61. The van der Waals surface area contributed by atoms with Crippen molar-refractivity contribution in [1.82, 2.24) is 0 Å². The topological polar surface area (TPSA) is 41.5 Å². The highest BCUT2D eigenvalue weighted by Gasteiger charge is 2.10. The zero-order chi connectivity index (χ0) is 15.4. The molecule has 1 unspecified atom stereocenters. The minimum atomic E-state index is -0.632. The molecule has 0 bridgehead atoms. The summed E-state index contributed by atoms with van der Waals surface area (Å²) in [6.45, 7) is 2.33. The average molecular weight is 371 g/mol. The van der Waals surface area contributed by atoms with Crippen molar-refractivity contribution >= 4 is 33.2 Å². The second-order valence-corrected chi connectivity index (χ2v) is 6.02. The summed E-state index contributed by atoms with van der Waals surface area (Å²) in [6.07, 6.45) is -0.632. The number of halogens is 2.